The SMILES string of the molecule is Cc1ccc(C)c(N2CCN(CC3CC3C(=O)O)CC2)c1. The van der Waals surface area contributed by atoms with Crippen molar-refractivity contribution in [3.63, 3.8) is 0 Å². The van der Waals surface area contributed by atoms with E-state index in [9.17, 15) is 4.79 Å². The number of piperazine rings is 1. The van der Waals surface area contributed by atoms with Crippen LogP contribution in [0.3, 0.4) is 0 Å². The molecule has 1 saturated heterocycles. The van der Waals surface area contributed by atoms with Gasteiger partial charge in [-0.1, -0.05) is 12.1 Å². The Hall–Kier alpha value is -1.55. The topological polar surface area (TPSA) is 43.8 Å². The van der Waals surface area contributed by atoms with Crippen LogP contribution in [0.4, 0.5) is 5.69 Å². The number of aliphatic carboxylic acids is 1. The lowest BCUT2D eigenvalue weighted by Gasteiger charge is -2.37. The fraction of sp³-hybridized carbons (Fsp3) is 0.588. The van der Waals surface area contributed by atoms with Gasteiger partial charge in [-0.2, -0.15) is 0 Å². The van der Waals surface area contributed by atoms with E-state index in [-0.39, 0.29) is 5.92 Å². The summed E-state index contributed by atoms with van der Waals surface area (Å²) in [5.74, 6) is -0.314. The summed E-state index contributed by atoms with van der Waals surface area (Å²) in [6.07, 6.45) is 0.868. The largest absolute Gasteiger partial charge is 0.481 e. The van der Waals surface area contributed by atoms with Crippen LogP contribution in [0.25, 0.3) is 0 Å². The fourth-order valence-corrected chi connectivity index (χ4v) is 3.31. The highest BCUT2D eigenvalue weighted by atomic mass is 16.4. The minimum Gasteiger partial charge on any atom is -0.481 e. The molecule has 2 fully saturated rings. The van der Waals surface area contributed by atoms with Crippen LogP contribution in [0.15, 0.2) is 18.2 Å². The Balaban J connectivity index is 1.53. The zero-order valence-corrected chi connectivity index (χ0v) is 12.9. The van der Waals surface area contributed by atoms with E-state index >= 15 is 0 Å². The van der Waals surface area contributed by atoms with Crippen molar-refractivity contribution in [2.45, 2.75) is 20.3 Å². The third-order valence-corrected chi connectivity index (χ3v) is 4.81. The Morgan fingerprint density at radius 1 is 1.24 bits per heavy atom. The van der Waals surface area contributed by atoms with Crippen molar-refractivity contribution in [1.82, 2.24) is 4.90 Å². The predicted molar refractivity (Wildman–Crippen MR) is 83.8 cm³/mol. The summed E-state index contributed by atoms with van der Waals surface area (Å²) in [5.41, 5.74) is 3.99. The molecule has 2 unspecified atom stereocenters. The number of hydrogen-bond donors (Lipinski definition) is 1. The molecule has 1 aliphatic carbocycles. The van der Waals surface area contributed by atoms with Gasteiger partial charge in [-0.25, -0.2) is 0 Å². The standard InChI is InChI=1S/C17H24N2O2/c1-12-3-4-13(2)16(9-12)19-7-5-18(6-8-19)11-14-10-15(14)17(20)21/h3-4,9,14-15H,5-8,10-11H2,1-2H3,(H,20,21). The summed E-state index contributed by atoms with van der Waals surface area (Å²) in [5, 5.41) is 8.97. The van der Waals surface area contributed by atoms with E-state index in [1.165, 1.54) is 16.8 Å². The van der Waals surface area contributed by atoms with Crippen LogP contribution in [-0.2, 0) is 4.79 Å². The van der Waals surface area contributed by atoms with Crippen LogP contribution in [0.2, 0.25) is 0 Å². The number of anilines is 1. The predicted octanol–water partition coefficient (Wildman–Crippen LogP) is 2.15. The number of rotatable bonds is 4. The van der Waals surface area contributed by atoms with E-state index in [4.69, 9.17) is 5.11 Å². The van der Waals surface area contributed by atoms with Crippen LogP contribution in [0.5, 0.6) is 0 Å². The van der Waals surface area contributed by atoms with Gasteiger partial charge in [0.2, 0.25) is 0 Å². The first kappa shape index (κ1) is 14.4. The molecule has 2 atom stereocenters. The number of carboxylic acid groups (broad SMARTS) is 1. The molecule has 114 valence electrons. The van der Waals surface area contributed by atoms with Crippen LogP contribution in [0.1, 0.15) is 17.5 Å². The molecule has 1 aliphatic heterocycles. The molecule has 2 aliphatic rings. The minimum absolute atomic E-state index is 0.0814. The Morgan fingerprint density at radius 3 is 2.57 bits per heavy atom. The van der Waals surface area contributed by atoms with E-state index in [0.717, 1.165) is 39.1 Å². The Morgan fingerprint density at radius 2 is 1.95 bits per heavy atom. The number of benzene rings is 1. The molecule has 1 aromatic rings. The lowest BCUT2D eigenvalue weighted by atomic mass is 10.1. The number of aryl methyl sites for hydroxylation is 2. The highest BCUT2D eigenvalue weighted by Crippen LogP contribution is 2.39. The van der Waals surface area contributed by atoms with Gasteiger partial charge in [-0.05, 0) is 43.4 Å². The number of hydrogen-bond acceptors (Lipinski definition) is 3. The summed E-state index contributed by atoms with van der Waals surface area (Å²) in [7, 11) is 0. The van der Waals surface area contributed by atoms with Crippen LogP contribution < -0.4 is 4.90 Å². The summed E-state index contributed by atoms with van der Waals surface area (Å²) in [6, 6.07) is 6.62. The van der Waals surface area contributed by atoms with Gasteiger partial charge in [-0.3, -0.25) is 9.69 Å². The maximum atomic E-state index is 10.9. The van der Waals surface area contributed by atoms with Crippen molar-refractivity contribution in [2.24, 2.45) is 11.8 Å². The van der Waals surface area contributed by atoms with Crippen LogP contribution in [0, 0.1) is 25.7 Å². The van der Waals surface area contributed by atoms with Gasteiger partial charge in [0, 0.05) is 38.4 Å². The molecule has 3 rings (SSSR count). The minimum atomic E-state index is -0.617. The average molecular weight is 288 g/mol. The van der Waals surface area contributed by atoms with Crippen LogP contribution in [-0.4, -0.2) is 48.7 Å². The molecule has 1 aromatic carbocycles. The monoisotopic (exact) mass is 288 g/mol. The van der Waals surface area contributed by atoms with E-state index < -0.39 is 5.97 Å². The van der Waals surface area contributed by atoms with Crippen molar-refractivity contribution in [1.29, 1.82) is 0 Å². The Labute approximate surface area is 126 Å². The smallest absolute Gasteiger partial charge is 0.306 e. The molecule has 1 heterocycles. The normalized spacial score (nSPS) is 25.9. The molecule has 0 aromatic heterocycles. The molecule has 4 heteroatoms. The van der Waals surface area contributed by atoms with E-state index in [1.807, 2.05) is 0 Å². The molecule has 4 nitrogen and oxygen atoms in total. The summed E-state index contributed by atoms with van der Waals surface area (Å²) < 4.78 is 0. The Bertz CT molecular complexity index is 536. The first-order valence-electron chi connectivity index (χ1n) is 7.82. The van der Waals surface area contributed by atoms with Crippen molar-refractivity contribution in [3.05, 3.63) is 29.3 Å². The maximum absolute atomic E-state index is 10.9. The van der Waals surface area contributed by atoms with Crippen molar-refractivity contribution in [3.8, 4) is 0 Å². The molecular formula is C17H24N2O2. The quantitative estimate of drug-likeness (QED) is 0.922. The number of carbonyl (C=O) groups is 1. The summed E-state index contributed by atoms with van der Waals surface area (Å²) >= 11 is 0. The molecule has 0 amide bonds. The molecule has 1 saturated carbocycles. The lowest BCUT2D eigenvalue weighted by molar-refractivity contribution is -0.138. The second-order valence-corrected chi connectivity index (χ2v) is 6.52. The van der Waals surface area contributed by atoms with E-state index in [2.05, 4.69) is 41.8 Å². The number of nitrogens with zero attached hydrogens (tertiary/aromatic N) is 2. The van der Waals surface area contributed by atoms with Crippen molar-refractivity contribution >= 4 is 11.7 Å². The van der Waals surface area contributed by atoms with Crippen molar-refractivity contribution in [2.75, 3.05) is 37.6 Å². The molecule has 0 spiro atoms. The molecule has 0 radical (unpaired) electrons. The van der Waals surface area contributed by atoms with E-state index in [0.29, 0.717) is 5.92 Å². The van der Waals surface area contributed by atoms with Gasteiger partial charge in [0.1, 0.15) is 0 Å². The molecular weight excluding hydrogens is 264 g/mol. The second kappa shape index (κ2) is 5.68. The summed E-state index contributed by atoms with van der Waals surface area (Å²) in [4.78, 5) is 15.8. The van der Waals surface area contributed by atoms with Crippen LogP contribution >= 0.6 is 0 Å². The fourth-order valence-electron chi connectivity index (χ4n) is 3.31. The van der Waals surface area contributed by atoms with Gasteiger partial charge in [0.25, 0.3) is 0 Å². The first-order valence-corrected chi connectivity index (χ1v) is 7.82. The average Bonchev–Trinajstić information content (AvgIpc) is 3.22. The highest BCUT2D eigenvalue weighted by Gasteiger charge is 2.44. The Kier molecular flexibility index (Phi) is 3.89. The highest BCUT2D eigenvalue weighted by molar-refractivity contribution is 5.73. The molecule has 21 heavy (non-hydrogen) atoms. The van der Waals surface area contributed by atoms with Crippen molar-refractivity contribution < 1.29 is 9.90 Å². The third kappa shape index (κ3) is 3.21. The lowest BCUT2D eigenvalue weighted by Crippen LogP contribution is -2.47. The third-order valence-electron chi connectivity index (χ3n) is 4.81. The summed E-state index contributed by atoms with van der Waals surface area (Å²) in [6.45, 7) is 9.41. The second-order valence-electron chi connectivity index (χ2n) is 6.52. The first-order chi connectivity index (χ1) is 10.0. The molecule has 0 bridgehead atoms. The molecule has 1 N–H and O–H groups in total. The zero-order chi connectivity index (χ0) is 15.0. The van der Waals surface area contributed by atoms with Gasteiger partial charge in [0.15, 0.2) is 0 Å². The number of carboxylic acids is 1. The van der Waals surface area contributed by atoms with Gasteiger partial charge in [-0.15, -0.1) is 0 Å². The van der Waals surface area contributed by atoms with Gasteiger partial charge < -0.3 is 10.0 Å². The zero-order valence-electron chi connectivity index (χ0n) is 12.9. The van der Waals surface area contributed by atoms with Gasteiger partial charge in [0.05, 0.1) is 5.92 Å². The van der Waals surface area contributed by atoms with E-state index in [1.54, 1.807) is 0 Å². The van der Waals surface area contributed by atoms with Gasteiger partial charge >= 0.3 is 5.97 Å². The maximum Gasteiger partial charge on any atom is 0.306 e.